The summed E-state index contributed by atoms with van der Waals surface area (Å²) < 4.78 is 16.7. The Morgan fingerprint density at radius 3 is 1.60 bits per heavy atom. The molecule has 0 aliphatic heterocycles. The van der Waals surface area contributed by atoms with E-state index in [0.717, 1.165) is 11.1 Å². The standard InChI is InChI=1S/C34H32O6/c1-2-19-38-21-27(37)23-40-29-17-13-25(14-18-29)34(24-11-15-28(16-12-24)39-22-26(36)20-35)32-9-5-3-7-30(32)31-8-4-6-10-33(31)34/h1,3-18,26-27,35-37H,19-23H2. The van der Waals surface area contributed by atoms with Crippen molar-refractivity contribution < 1.29 is 29.5 Å². The van der Waals surface area contributed by atoms with Gasteiger partial charge in [0.2, 0.25) is 0 Å². The monoisotopic (exact) mass is 536 g/mol. The van der Waals surface area contributed by atoms with E-state index in [4.69, 9.17) is 25.7 Å². The van der Waals surface area contributed by atoms with Gasteiger partial charge < -0.3 is 29.5 Å². The molecule has 1 aliphatic rings. The Bertz CT molecular complexity index is 1410. The number of aliphatic hydroxyl groups is 3. The quantitative estimate of drug-likeness (QED) is 0.164. The van der Waals surface area contributed by atoms with Crippen molar-refractivity contribution in [2.45, 2.75) is 17.6 Å². The van der Waals surface area contributed by atoms with Gasteiger partial charge in [-0.3, -0.25) is 0 Å². The smallest absolute Gasteiger partial charge is 0.119 e. The summed E-state index contributed by atoms with van der Waals surface area (Å²) >= 11 is 0. The summed E-state index contributed by atoms with van der Waals surface area (Å²) in [6, 6.07) is 32.8. The van der Waals surface area contributed by atoms with Crippen LogP contribution in [0.5, 0.6) is 11.5 Å². The molecule has 1 aliphatic carbocycles. The highest BCUT2D eigenvalue weighted by Gasteiger charge is 2.45. The number of rotatable bonds is 12. The fraction of sp³-hybridized carbons (Fsp3) is 0.235. The van der Waals surface area contributed by atoms with Gasteiger partial charge in [0, 0.05) is 0 Å². The van der Waals surface area contributed by atoms with Crippen LogP contribution in [0.3, 0.4) is 0 Å². The van der Waals surface area contributed by atoms with E-state index in [1.54, 1.807) is 0 Å². The molecule has 0 spiro atoms. The molecule has 0 saturated carbocycles. The number of aliphatic hydroxyl groups excluding tert-OH is 3. The lowest BCUT2D eigenvalue weighted by Crippen LogP contribution is -2.28. The van der Waals surface area contributed by atoms with E-state index in [1.165, 1.54) is 22.3 Å². The fourth-order valence-electron chi connectivity index (χ4n) is 5.37. The second kappa shape index (κ2) is 12.4. The van der Waals surface area contributed by atoms with Crippen LogP contribution in [0.2, 0.25) is 0 Å². The Balaban J connectivity index is 1.52. The van der Waals surface area contributed by atoms with Crippen LogP contribution in [0, 0.1) is 12.3 Å². The minimum absolute atomic E-state index is 0.0127. The molecule has 0 amide bonds. The minimum atomic E-state index is -0.933. The van der Waals surface area contributed by atoms with Gasteiger partial charge in [-0.05, 0) is 57.6 Å². The van der Waals surface area contributed by atoms with E-state index in [-0.39, 0.29) is 33.0 Å². The Hall–Kier alpha value is -4.12. The van der Waals surface area contributed by atoms with Gasteiger partial charge in [-0.25, -0.2) is 0 Å². The van der Waals surface area contributed by atoms with Gasteiger partial charge in [-0.1, -0.05) is 78.7 Å². The average Bonchev–Trinajstić information content (AvgIpc) is 3.31. The topological polar surface area (TPSA) is 88.4 Å². The Kier molecular flexibility index (Phi) is 8.49. The van der Waals surface area contributed by atoms with Crippen molar-refractivity contribution in [1.82, 2.24) is 0 Å². The Labute approximate surface area is 234 Å². The second-order valence-electron chi connectivity index (χ2n) is 9.72. The molecule has 4 aromatic rings. The van der Waals surface area contributed by atoms with Crippen LogP contribution >= 0.6 is 0 Å². The van der Waals surface area contributed by atoms with Crippen LogP contribution in [-0.4, -0.2) is 60.6 Å². The maximum atomic E-state index is 10.1. The number of terminal acetylenes is 1. The predicted octanol–water partition coefficient (Wildman–Crippen LogP) is 4.17. The van der Waals surface area contributed by atoms with Crippen molar-refractivity contribution in [3.8, 4) is 35.0 Å². The maximum Gasteiger partial charge on any atom is 0.119 e. The van der Waals surface area contributed by atoms with Crippen LogP contribution in [0.15, 0.2) is 97.1 Å². The van der Waals surface area contributed by atoms with E-state index in [2.05, 4.69) is 78.7 Å². The lowest BCUT2D eigenvalue weighted by Gasteiger charge is -2.34. The summed E-state index contributed by atoms with van der Waals surface area (Å²) in [7, 11) is 0. The van der Waals surface area contributed by atoms with Gasteiger partial charge in [0.1, 0.15) is 43.5 Å². The van der Waals surface area contributed by atoms with Gasteiger partial charge in [0.15, 0.2) is 0 Å². The Morgan fingerprint density at radius 2 is 1.12 bits per heavy atom. The first-order valence-electron chi connectivity index (χ1n) is 13.2. The second-order valence-corrected chi connectivity index (χ2v) is 9.72. The van der Waals surface area contributed by atoms with Crippen molar-refractivity contribution in [3.05, 3.63) is 119 Å². The maximum absolute atomic E-state index is 10.1. The van der Waals surface area contributed by atoms with E-state index in [0.29, 0.717) is 11.5 Å². The van der Waals surface area contributed by atoms with Gasteiger partial charge in [0.25, 0.3) is 0 Å². The molecule has 6 nitrogen and oxygen atoms in total. The molecule has 6 heteroatoms. The zero-order valence-corrected chi connectivity index (χ0v) is 22.1. The lowest BCUT2D eigenvalue weighted by atomic mass is 9.68. The molecule has 2 atom stereocenters. The Morgan fingerprint density at radius 1 is 0.650 bits per heavy atom. The van der Waals surface area contributed by atoms with Crippen LogP contribution in [0.4, 0.5) is 0 Å². The SMILES string of the molecule is C#CCOCC(O)COc1ccc(C2(c3ccc(OCC(O)CO)cc3)c3ccccc3-c3ccccc32)cc1. The van der Waals surface area contributed by atoms with E-state index < -0.39 is 17.6 Å². The highest BCUT2D eigenvalue weighted by Crippen LogP contribution is 2.56. The lowest BCUT2D eigenvalue weighted by molar-refractivity contribution is 0.0229. The summed E-state index contributed by atoms with van der Waals surface area (Å²) in [5.74, 6) is 3.63. The number of hydrogen-bond acceptors (Lipinski definition) is 6. The molecule has 0 fully saturated rings. The first-order valence-corrected chi connectivity index (χ1v) is 13.2. The van der Waals surface area contributed by atoms with Crippen LogP contribution in [0.1, 0.15) is 22.3 Å². The highest BCUT2D eigenvalue weighted by molar-refractivity contribution is 5.86. The summed E-state index contributed by atoms with van der Waals surface area (Å²) in [5.41, 5.74) is 6.26. The summed E-state index contributed by atoms with van der Waals surface area (Å²) in [6.07, 6.45) is 3.46. The molecule has 204 valence electrons. The van der Waals surface area contributed by atoms with Crippen molar-refractivity contribution in [2.75, 3.05) is 33.0 Å². The fourth-order valence-corrected chi connectivity index (χ4v) is 5.37. The van der Waals surface area contributed by atoms with Gasteiger partial charge in [0.05, 0.1) is 18.6 Å². The first-order chi connectivity index (χ1) is 19.6. The number of fused-ring (bicyclic) bond motifs is 3. The average molecular weight is 537 g/mol. The van der Waals surface area contributed by atoms with Gasteiger partial charge in [-0.2, -0.15) is 0 Å². The third kappa shape index (κ3) is 5.33. The van der Waals surface area contributed by atoms with Crippen LogP contribution in [-0.2, 0) is 10.2 Å². The molecule has 0 bridgehead atoms. The molecule has 3 N–H and O–H groups in total. The summed E-state index contributed by atoms with van der Waals surface area (Å²) in [4.78, 5) is 0. The molecule has 5 rings (SSSR count). The molecule has 4 aromatic carbocycles. The molecular weight excluding hydrogens is 504 g/mol. The largest absolute Gasteiger partial charge is 0.491 e. The zero-order valence-electron chi connectivity index (χ0n) is 22.1. The zero-order chi connectivity index (χ0) is 28.0. The molecule has 0 saturated heterocycles. The van der Waals surface area contributed by atoms with Gasteiger partial charge in [-0.15, -0.1) is 6.42 Å². The van der Waals surface area contributed by atoms with Crippen molar-refractivity contribution in [3.63, 3.8) is 0 Å². The van der Waals surface area contributed by atoms with Crippen molar-refractivity contribution in [1.29, 1.82) is 0 Å². The van der Waals surface area contributed by atoms with Crippen molar-refractivity contribution >= 4 is 0 Å². The molecule has 2 unspecified atom stereocenters. The molecule has 0 aromatic heterocycles. The van der Waals surface area contributed by atoms with E-state index >= 15 is 0 Å². The first kappa shape index (κ1) is 27.4. The van der Waals surface area contributed by atoms with Crippen molar-refractivity contribution in [2.24, 2.45) is 0 Å². The number of ether oxygens (including phenoxy) is 3. The molecular formula is C34H32O6. The van der Waals surface area contributed by atoms with E-state index in [1.807, 2.05) is 24.3 Å². The summed E-state index contributed by atoms with van der Waals surface area (Å²) in [5, 5.41) is 28.9. The number of hydrogen-bond donors (Lipinski definition) is 3. The minimum Gasteiger partial charge on any atom is -0.491 e. The molecule has 0 radical (unpaired) electrons. The third-order valence-corrected chi connectivity index (χ3v) is 7.12. The number of benzene rings is 4. The summed E-state index contributed by atoms with van der Waals surface area (Å²) in [6.45, 7) is 0.00509. The highest BCUT2D eigenvalue weighted by atomic mass is 16.5. The van der Waals surface area contributed by atoms with Gasteiger partial charge >= 0.3 is 0 Å². The molecule has 40 heavy (non-hydrogen) atoms. The normalized spacial score (nSPS) is 14.4. The van der Waals surface area contributed by atoms with E-state index in [9.17, 15) is 10.2 Å². The van der Waals surface area contributed by atoms with Crippen LogP contribution < -0.4 is 9.47 Å². The predicted molar refractivity (Wildman–Crippen MR) is 153 cm³/mol. The molecule has 0 heterocycles. The third-order valence-electron chi connectivity index (χ3n) is 7.12. The van der Waals surface area contributed by atoms with Crippen LogP contribution in [0.25, 0.3) is 11.1 Å².